The Morgan fingerprint density at radius 3 is 2.71 bits per heavy atom. The maximum absolute atomic E-state index is 4.10. The van der Waals surface area contributed by atoms with E-state index in [-0.39, 0.29) is 0 Å². The Labute approximate surface area is 85.5 Å². The van der Waals surface area contributed by atoms with Gasteiger partial charge in [0.25, 0.3) is 0 Å². The Morgan fingerprint density at radius 2 is 2.14 bits per heavy atom. The van der Waals surface area contributed by atoms with Gasteiger partial charge in [-0.15, -0.1) is 0 Å². The van der Waals surface area contributed by atoms with Crippen molar-refractivity contribution in [2.24, 2.45) is 5.92 Å². The van der Waals surface area contributed by atoms with Crippen molar-refractivity contribution in [3.63, 3.8) is 0 Å². The number of nitrogens with zero attached hydrogens (tertiary/aromatic N) is 2. The van der Waals surface area contributed by atoms with Crippen LogP contribution in [-0.4, -0.2) is 23.1 Å². The molecule has 1 saturated carbocycles. The number of imidazole rings is 1. The summed E-state index contributed by atoms with van der Waals surface area (Å²) in [5.41, 5.74) is 0. The Bertz CT molecular complexity index is 248. The Morgan fingerprint density at radius 1 is 1.36 bits per heavy atom. The summed E-state index contributed by atoms with van der Waals surface area (Å²) in [7, 11) is 2.04. The third-order valence-electron chi connectivity index (χ3n) is 3.26. The van der Waals surface area contributed by atoms with Gasteiger partial charge in [-0.1, -0.05) is 0 Å². The Kier molecular flexibility index (Phi) is 3.19. The highest BCUT2D eigenvalue weighted by Gasteiger charge is 2.21. The van der Waals surface area contributed by atoms with Gasteiger partial charge in [0.2, 0.25) is 0 Å². The second-order valence-electron chi connectivity index (χ2n) is 4.24. The molecular formula is C11H19N3. The fourth-order valence-corrected chi connectivity index (χ4v) is 2.42. The van der Waals surface area contributed by atoms with Crippen LogP contribution in [0, 0.1) is 5.92 Å². The lowest BCUT2D eigenvalue weighted by Crippen LogP contribution is -2.24. The Balaban J connectivity index is 1.84. The zero-order valence-corrected chi connectivity index (χ0v) is 8.82. The summed E-state index contributed by atoms with van der Waals surface area (Å²) in [5.74, 6) is 0.889. The van der Waals surface area contributed by atoms with Gasteiger partial charge in [0.05, 0.1) is 6.33 Å². The van der Waals surface area contributed by atoms with Gasteiger partial charge in [-0.05, 0) is 45.2 Å². The van der Waals surface area contributed by atoms with E-state index in [1.807, 2.05) is 19.6 Å². The number of hydrogen-bond acceptors (Lipinski definition) is 2. The number of aromatic nitrogens is 2. The molecule has 1 fully saturated rings. The molecule has 0 unspecified atom stereocenters. The molecule has 1 aromatic rings. The van der Waals surface area contributed by atoms with E-state index < -0.39 is 0 Å². The lowest BCUT2D eigenvalue weighted by atomic mass is 9.86. The van der Waals surface area contributed by atoms with Gasteiger partial charge in [-0.2, -0.15) is 0 Å². The van der Waals surface area contributed by atoms with Gasteiger partial charge in [0.1, 0.15) is 0 Å². The van der Waals surface area contributed by atoms with Gasteiger partial charge >= 0.3 is 0 Å². The van der Waals surface area contributed by atoms with Crippen LogP contribution < -0.4 is 5.32 Å². The summed E-state index contributed by atoms with van der Waals surface area (Å²) < 4.78 is 2.26. The normalized spacial score (nSPS) is 27.8. The van der Waals surface area contributed by atoms with Crippen LogP contribution in [0.2, 0.25) is 0 Å². The number of rotatable bonds is 3. The molecule has 3 nitrogen and oxygen atoms in total. The molecule has 0 amide bonds. The van der Waals surface area contributed by atoms with Crippen LogP contribution in [0.1, 0.15) is 31.7 Å². The van der Waals surface area contributed by atoms with E-state index in [1.165, 1.54) is 32.2 Å². The first-order valence-corrected chi connectivity index (χ1v) is 5.52. The molecule has 78 valence electrons. The molecule has 0 atom stereocenters. The molecule has 0 aliphatic heterocycles. The minimum Gasteiger partial charge on any atom is -0.334 e. The van der Waals surface area contributed by atoms with E-state index in [0.29, 0.717) is 6.04 Å². The SMILES string of the molecule is CNCC1CCC(n2ccnc2)CC1. The largest absolute Gasteiger partial charge is 0.334 e. The maximum Gasteiger partial charge on any atom is 0.0948 e. The second kappa shape index (κ2) is 4.60. The Hall–Kier alpha value is -0.830. The van der Waals surface area contributed by atoms with Crippen LogP contribution in [0.25, 0.3) is 0 Å². The monoisotopic (exact) mass is 193 g/mol. The maximum atomic E-state index is 4.10. The molecule has 0 aromatic carbocycles. The topological polar surface area (TPSA) is 29.9 Å². The van der Waals surface area contributed by atoms with E-state index in [2.05, 4.69) is 21.1 Å². The van der Waals surface area contributed by atoms with Gasteiger partial charge in [-0.25, -0.2) is 4.98 Å². The molecule has 1 aliphatic carbocycles. The first-order chi connectivity index (χ1) is 6.90. The van der Waals surface area contributed by atoms with E-state index in [1.54, 1.807) is 0 Å². The molecule has 1 N–H and O–H groups in total. The zero-order valence-electron chi connectivity index (χ0n) is 8.82. The average Bonchev–Trinajstić information content (AvgIpc) is 2.72. The van der Waals surface area contributed by atoms with Crippen LogP contribution in [0.5, 0.6) is 0 Å². The molecule has 1 aliphatic rings. The van der Waals surface area contributed by atoms with E-state index >= 15 is 0 Å². The molecule has 2 rings (SSSR count). The fraction of sp³-hybridized carbons (Fsp3) is 0.727. The highest BCUT2D eigenvalue weighted by Crippen LogP contribution is 2.31. The molecule has 3 heteroatoms. The molecule has 1 heterocycles. The molecule has 0 spiro atoms. The lowest BCUT2D eigenvalue weighted by molar-refractivity contribution is 0.271. The average molecular weight is 193 g/mol. The second-order valence-corrected chi connectivity index (χ2v) is 4.24. The summed E-state index contributed by atoms with van der Waals surface area (Å²) in [5, 5.41) is 3.27. The van der Waals surface area contributed by atoms with Crippen LogP contribution in [0.4, 0.5) is 0 Å². The minimum absolute atomic E-state index is 0.700. The van der Waals surface area contributed by atoms with Crippen molar-refractivity contribution in [3.05, 3.63) is 18.7 Å². The lowest BCUT2D eigenvalue weighted by Gasteiger charge is -2.29. The molecule has 0 radical (unpaired) electrons. The smallest absolute Gasteiger partial charge is 0.0948 e. The van der Waals surface area contributed by atoms with Gasteiger partial charge in [0, 0.05) is 18.4 Å². The summed E-state index contributed by atoms with van der Waals surface area (Å²) in [6, 6.07) is 0.700. The molecule has 0 saturated heterocycles. The molecule has 14 heavy (non-hydrogen) atoms. The van der Waals surface area contributed by atoms with Crippen molar-refractivity contribution in [1.82, 2.24) is 14.9 Å². The summed E-state index contributed by atoms with van der Waals surface area (Å²) in [6.07, 6.45) is 11.2. The predicted octanol–water partition coefficient (Wildman–Crippen LogP) is 1.83. The van der Waals surface area contributed by atoms with Crippen LogP contribution in [0.3, 0.4) is 0 Å². The molecular weight excluding hydrogens is 174 g/mol. The highest BCUT2D eigenvalue weighted by molar-refractivity contribution is 4.84. The van der Waals surface area contributed by atoms with Crippen molar-refractivity contribution in [1.29, 1.82) is 0 Å². The fourth-order valence-electron chi connectivity index (χ4n) is 2.42. The first kappa shape index (κ1) is 9.71. The minimum atomic E-state index is 0.700. The first-order valence-electron chi connectivity index (χ1n) is 5.52. The molecule has 0 bridgehead atoms. The third kappa shape index (κ3) is 2.15. The van der Waals surface area contributed by atoms with Gasteiger partial charge < -0.3 is 9.88 Å². The van der Waals surface area contributed by atoms with E-state index in [9.17, 15) is 0 Å². The van der Waals surface area contributed by atoms with Gasteiger partial charge in [0.15, 0.2) is 0 Å². The zero-order chi connectivity index (χ0) is 9.80. The summed E-state index contributed by atoms with van der Waals surface area (Å²) in [4.78, 5) is 4.10. The van der Waals surface area contributed by atoms with Crippen molar-refractivity contribution in [2.75, 3.05) is 13.6 Å². The van der Waals surface area contributed by atoms with Crippen molar-refractivity contribution in [3.8, 4) is 0 Å². The number of nitrogens with one attached hydrogen (secondary N) is 1. The summed E-state index contributed by atoms with van der Waals surface area (Å²) >= 11 is 0. The third-order valence-corrected chi connectivity index (χ3v) is 3.26. The van der Waals surface area contributed by atoms with Crippen LogP contribution >= 0.6 is 0 Å². The van der Waals surface area contributed by atoms with Gasteiger partial charge in [-0.3, -0.25) is 0 Å². The summed E-state index contributed by atoms with van der Waals surface area (Å²) in [6.45, 7) is 1.18. The number of hydrogen-bond donors (Lipinski definition) is 1. The quantitative estimate of drug-likeness (QED) is 0.793. The molecule has 1 aromatic heterocycles. The van der Waals surface area contributed by atoms with Crippen LogP contribution in [0.15, 0.2) is 18.7 Å². The van der Waals surface area contributed by atoms with E-state index in [4.69, 9.17) is 0 Å². The van der Waals surface area contributed by atoms with Crippen molar-refractivity contribution < 1.29 is 0 Å². The van der Waals surface area contributed by atoms with Crippen LogP contribution in [-0.2, 0) is 0 Å². The highest BCUT2D eigenvalue weighted by atomic mass is 15.0. The predicted molar refractivity (Wildman–Crippen MR) is 57.1 cm³/mol. The van der Waals surface area contributed by atoms with E-state index in [0.717, 1.165) is 5.92 Å². The standard InChI is InChI=1S/C11H19N3/c1-12-8-10-2-4-11(5-3-10)14-7-6-13-9-14/h6-7,9-12H,2-5,8H2,1H3. The van der Waals surface area contributed by atoms with Crippen molar-refractivity contribution >= 4 is 0 Å². The van der Waals surface area contributed by atoms with Crippen molar-refractivity contribution in [2.45, 2.75) is 31.7 Å².